The number of halogens is 1. The molecule has 3 atom stereocenters. The number of alkyl halides is 1. The summed E-state index contributed by atoms with van der Waals surface area (Å²) in [5, 5.41) is 8.26. The first-order valence-corrected chi connectivity index (χ1v) is 5.44. The summed E-state index contributed by atoms with van der Waals surface area (Å²) < 4.78 is 0. The number of rotatable bonds is 3. The van der Waals surface area contributed by atoms with E-state index in [4.69, 9.17) is 16.9 Å². The molecule has 1 saturated heterocycles. The molecule has 0 radical (unpaired) electrons. The van der Waals surface area contributed by atoms with Crippen LogP contribution >= 0.6 is 11.6 Å². The first-order chi connectivity index (χ1) is 6.56. The first kappa shape index (κ1) is 11.8. The maximum atomic E-state index is 8.64. The molecule has 1 heterocycles. The molecule has 0 aromatic carbocycles. The van der Waals surface area contributed by atoms with Crippen LogP contribution in [0.25, 0.3) is 0 Å². The van der Waals surface area contributed by atoms with Gasteiger partial charge in [0.05, 0.1) is 6.07 Å². The van der Waals surface area contributed by atoms with Crippen LogP contribution in [-0.2, 0) is 0 Å². The minimum absolute atomic E-state index is 0.377. The average Bonchev–Trinajstić information content (AvgIpc) is 2.48. The predicted molar refractivity (Wildman–Crippen MR) is 58.4 cm³/mol. The van der Waals surface area contributed by atoms with E-state index in [9.17, 15) is 0 Å². The molecule has 14 heavy (non-hydrogen) atoms. The summed E-state index contributed by atoms with van der Waals surface area (Å²) in [7, 11) is 4.21. The Labute approximate surface area is 91.2 Å². The lowest BCUT2D eigenvalue weighted by atomic mass is 10.1. The molecule has 0 aromatic rings. The minimum atomic E-state index is -0.377. The zero-order valence-electron chi connectivity index (χ0n) is 9.07. The summed E-state index contributed by atoms with van der Waals surface area (Å²) in [6, 6.07) is 3.16. The third kappa shape index (κ3) is 2.60. The van der Waals surface area contributed by atoms with Gasteiger partial charge >= 0.3 is 0 Å². The van der Waals surface area contributed by atoms with Crippen LogP contribution in [0.15, 0.2) is 0 Å². The lowest BCUT2D eigenvalue weighted by Gasteiger charge is -2.28. The van der Waals surface area contributed by atoms with Gasteiger partial charge in [0.25, 0.3) is 0 Å². The summed E-state index contributed by atoms with van der Waals surface area (Å²) in [5.74, 6) is 0. The van der Waals surface area contributed by atoms with E-state index in [1.54, 1.807) is 0 Å². The van der Waals surface area contributed by atoms with Crippen molar-refractivity contribution in [3.05, 3.63) is 0 Å². The highest BCUT2D eigenvalue weighted by Crippen LogP contribution is 2.21. The Hall–Kier alpha value is -0.300. The Bertz CT molecular complexity index is 224. The van der Waals surface area contributed by atoms with Crippen molar-refractivity contribution in [3.8, 4) is 6.07 Å². The standard InChI is InChI=1S/C10H18ClN3/c1-8-10(13(2)3)4-5-14(8)7-9(11)6-12/h8-10H,4-5,7H2,1-3H3. The normalized spacial score (nSPS) is 30.6. The van der Waals surface area contributed by atoms with Gasteiger partial charge in [0.2, 0.25) is 0 Å². The van der Waals surface area contributed by atoms with Crippen LogP contribution in [0.1, 0.15) is 13.3 Å². The highest BCUT2D eigenvalue weighted by molar-refractivity contribution is 6.22. The maximum absolute atomic E-state index is 8.64. The highest BCUT2D eigenvalue weighted by Gasteiger charge is 2.32. The molecule has 0 saturated carbocycles. The Morgan fingerprint density at radius 3 is 2.71 bits per heavy atom. The Morgan fingerprint density at radius 2 is 2.29 bits per heavy atom. The van der Waals surface area contributed by atoms with E-state index >= 15 is 0 Å². The minimum Gasteiger partial charge on any atom is -0.305 e. The molecule has 80 valence electrons. The van der Waals surface area contributed by atoms with Gasteiger partial charge in [0, 0.05) is 25.2 Å². The monoisotopic (exact) mass is 215 g/mol. The highest BCUT2D eigenvalue weighted by atomic mass is 35.5. The van der Waals surface area contributed by atoms with Crippen molar-refractivity contribution in [2.24, 2.45) is 0 Å². The molecule has 0 bridgehead atoms. The predicted octanol–water partition coefficient (Wildman–Crippen LogP) is 1.14. The van der Waals surface area contributed by atoms with E-state index in [-0.39, 0.29) is 5.38 Å². The topological polar surface area (TPSA) is 30.3 Å². The molecule has 3 unspecified atom stereocenters. The fraction of sp³-hybridized carbons (Fsp3) is 0.900. The molecule has 1 aliphatic rings. The number of nitriles is 1. The Kier molecular flexibility index (Phi) is 4.18. The molecule has 1 aliphatic heterocycles. The van der Waals surface area contributed by atoms with E-state index in [1.165, 1.54) is 6.42 Å². The van der Waals surface area contributed by atoms with Crippen molar-refractivity contribution in [2.45, 2.75) is 30.8 Å². The second-order valence-electron chi connectivity index (χ2n) is 4.15. The lowest BCUT2D eigenvalue weighted by molar-refractivity contribution is 0.202. The van der Waals surface area contributed by atoms with Crippen molar-refractivity contribution in [3.63, 3.8) is 0 Å². The summed E-state index contributed by atoms with van der Waals surface area (Å²) in [6.45, 7) is 3.94. The number of likely N-dealkylation sites (N-methyl/N-ethyl adjacent to an activating group) is 1. The van der Waals surface area contributed by atoms with Crippen LogP contribution in [0.2, 0.25) is 0 Å². The smallest absolute Gasteiger partial charge is 0.133 e. The third-order valence-corrected chi connectivity index (χ3v) is 3.28. The van der Waals surface area contributed by atoms with E-state index in [1.807, 2.05) is 0 Å². The van der Waals surface area contributed by atoms with Crippen molar-refractivity contribution in [1.29, 1.82) is 5.26 Å². The largest absolute Gasteiger partial charge is 0.305 e. The second kappa shape index (κ2) is 4.97. The van der Waals surface area contributed by atoms with E-state index in [0.29, 0.717) is 18.6 Å². The molecule has 0 spiro atoms. The fourth-order valence-corrected chi connectivity index (χ4v) is 2.36. The van der Waals surface area contributed by atoms with Crippen molar-refractivity contribution in [2.75, 3.05) is 27.2 Å². The van der Waals surface area contributed by atoms with E-state index in [2.05, 4.69) is 36.9 Å². The quantitative estimate of drug-likeness (QED) is 0.662. The summed E-state index contributed by atoms with van der Waals surface area (Å²) in [5.41, 5.74) is 0. The van der Waals surface area contributed by atoms with Gasteiger partial charge in [-0.3, -0.25) is 4.90 Å². The summed E-state index contributed by atoms with van der Waals surface area (Å²) in [6.07, 6.45) is 1.17. The zero-order valence-corrected chi connectivity index (χ0v) is 9.83. The zero-order chi connectivity index (χ0) is 10.7. The number of hydrogen-bond donors (Lipinski definition) is 0. The van der Waals surface area contributed by atoms with Crippen molar-refractivity contribution in [1.82, 2.24) is 9.80 Å². The molecule has 1 rings (SSSR count). The molecular weight excluding hydrogens is 198 g/mol. The van der Waals surface area contributed by atoms with Crippen LogP contribution in [-0.4, -0.2) is 54.4 Å². The Balaban J connectivity index is 2.48. The molecule has 0 aliphatic carbocycles. The molecule has 1 fully saturated rings. The van der Waals surface area contributed by atoms with Crippen LogP contribution in [0.5, 0.6) is 0 Å². The second-order valence-corrected chi connectivity index (χ2v) is 4.68. The van der Waals surface area contributed by atoms with Crippen LogP contribution < -0.4 is 0 Å². The van der Waals surface area contributed by atoms with Crippen LogP contribution in [0.3, 0.4) is 0 Å². The molecule has 0 N–H and O–H groups in total. The van der Waals surface area contributed by atoms with Crippen molar-refractivity contribution < 1.29 is 0 Å². The third-order valence-electron chi connectivity index (χ3n) is 3.04. The lowest BCUT2D eigenvalue weighted by Crippen LogP contribution is -2.41. The fourth-order valence-electron chi connectivity index (χ4n) is 2.18. The SMILES string of the molecule is CC1C(N(C)C)CCN1CC(Cl)C#N. The van der Waals surface area contributed by atoms with Gasteiger partial charge < -0.3 is 4.90 Å². The maximum Gasteiger partial charge on any atom is 0.133 e. The van der Waals surface area contributed by atoms with Crippen molar-refractivity contribution >= 4 is 11.6 Å². The summed E-state index contributed by atoms with van der Waals surface area (Å²) in [4.78, 5) is 4.55. The number of hydrogen-bond acceptors (Lipinski definition) is 3. The first-order valence-electron chi connectivity index (χ1n) is 5.00. The number of likely N-dealkylation sites (tertiary alicyclic amines) is 1. The Morgan fingerprint density at radius 1 is 1.64 bits per heavy atom. The van der Waals surface area contributed by atoms with Crippen LogP contribution in [0, 0.1) is 11.3 Å². The van der Waals surface area contributed by atoms with Gasteiger partial charge in [0.1, 0.15) is 5.38 Å². The van der Waals surface area contributed by atoms with Gasteiger partial charge in [-0.1, -0.05) is 0 Å². The molecule has 3 nitrogen and oxygen atoms in total. The van der Waals surface area contributed by atoms with Gasteiger partial charge in [-0.25, -0.2) is 0 Å². The average molecular weight is 216 g/mol. The molecular formula is C10H18ClN3. The van der Waals surface area contributed by atoms with Gasteiger partial charge in [0.15, 0.2) is 0 Å². The molecule has 0 amide bonds. The van der Waals surface area contributed by atoms with Gasteiger partial charge in [-0.15, -0.1) is 11.6 Å². The molecule has 0 aromatic heterocycles. The van der Waals surface area contributed by atoms with E-state index in [0.717, 1.165) is 6.54 Å². The summed E-state index contributed by atoms with van der Waals surface area (Å²) >= 11 is 5.82. The van der Waals surface area contributed by atoms with Gasteiger partial charge in [-0.05, 0) is 27.4 Å². The van der Waals surface area contributed by atoms with E-state index < -0.39 is 0 Å². The molecule has 4 heteroatoms. The number of nitrogens with zero attached hydrogens (tertiary/aromatic N) is 3. The van der Waals surface area contributed by atoms with Crippen LogP contribution in [0.4, 0.5) is 0 Å². The van der Waals surface area contributed by atoms with Gasteiger partial charge in [-0.2, -0.15) is 5.26 Å².